The summed E-state index contributed by atoms with van der Waals surface area (Å²) in [6.07, 6.45) is 8.87. The van der Waals surface area contributed by atoms with E-state index in [-0.39, 0.29) is 11.8 Å². The first kappa shape index (κ1) is 21.6. The molecule has 1 unspecified atom stereocenters. The van der Waals surface area contributed by atoms with Crippen molar-refractivity contribution >= 4 is 23.6 Å². The molecule has 0 saturated carbocycles. The SMILES string of the molecule is Cc1cc(Nc2nc(C)cc(C)n2)cc(C2CCCN(C(=O)/C=C/c3cccnc3)C2)n1. The van der Waals surface area contributed by atoms with Crippen molar-refractivity contribution < 1.29 is 4.79 Å². The first-order valence-corrected chi connectivity index (χ1v) is 10.9. The van der Waals surface area contributed by atoms with E-state index < -0.39 is 0 Å². The Morgan fingerprint density at radius 2 is 1.88 bits per heavy atom. The number of likely N-dealkylation sites (tertiary alicyclic amines) is 1. The quantitative estimate of drug-likeness (QED) is 0.608. The summed E-state index contributed by atoms with van der Waals surface area (Å²) >= 11 is 0. The van der Waals surface area contributed by atoms with Gasteiger partial charge in [-0.3, -0.25) is 14.8 Å². The molecular weight excluding hydrogens is 400 g/mol. The normalized spacial score (nSPS) is 16.3. The summed E-state index contributed by atoms with van der Waals surface area (Å²) in [5.74, 6) is 0.799. The topological polar surface area (TPSA) is 83.9 Å². The summed E-state index contributed by atoms with van der Waals surface area (Å²) in [5.41, 5.74) is 5.59. The zero-order valence-electron chi connectivity index (χ0n) is 18.7. The minimum absolute atomic E-state index is 0.0215. The lowest BCUT2D eigenvalue weighted by Crippen LogP contribution is -2.38. The molecule has 0 spiro atoms. The number of carbonyl (C=O) groups is 1. The van der Waals surface area contributed by atoms with E-state index in [0.717, 1.165) is 53.4 Å². The second-order valence-corrected chi connectivity index (χ2v) is 8.26. The average molecular weight is 429 g/mol. The predicted octanol–water partition coefficient (Wildman–Crippen LogP) is 4.35. The van der Waals surface area contributed by atoms with E-state index in [1.165, 1.54) is 0 Å². The van der Waals surface area contributed by atoms with Crippen LogP contribution >= 0.6 is 0 Å². The van der Waals surface area contributed by atoms with Crippen LogP contribution in [0.25, 0.3) is 6.08 Å². The van der Waals surface area contributed by atoms with Crippen LogP contribution in [0.1, 0.15) is 47.1 Å². The van der Waals surface area contributed by atoms with Gasteiger partial charge in [0, 0.05) is 65.9 Å². The van der Waals surface area contributed by atoms with Crippen LogP contribution < -0.4 is 5.32 Å². The monoisotopic (exact) mass is 428 g/mol. The van der Waals surface area contributed by atoms with Crippen molar-refractivity contribution in [3.8, 4) is 0 Å². The molecule has 0 aromatic carbocycles. The summed E-state index contributed by atoms with van der Waals surface area (Å²) < 4.78 is 0. The van der Waals surface area contributed by atoms with Gasteiger partial charge in [0.1, 0.15) is 0 Å². The second kappa shape index (κ2) is 9.68. The van der Waals surface area contributed by atoms with Crippen LogP contribution in [0.5, 0.6) is 0 Å². The van der Waals surface area contributed by atoms with Gasteiger partial charge in [0.05, 0.1) is 0 Å². The Bertz CT molecular complexity index is 1110. The van der Waals surface area contributed by atoms with Gasteiger partial charge in [-0.2, -0.15) is 0 Å². The molecule has 0 aliphatic carbocycles. The van der Waals surface area contributed by atoms with Gasteiger partial charge in [-0.1, -0.05) is 6.07 Å². The number of nitrogens with zero attached hydrogens (tertiary/aromatic N) is 5. The largest absolute Gasteiger partial charge is 0.338 e. The highest BCUT2D eigenvalue weighted by molar-refractivity contribution is 5.91. The number of hydrogen-bond acceptors (Lipinski definition) is 6. The minimum Gasteiger partial charge on any atom is -0.338 e. The number of anilines is 2. The van der Waals surface area contributed by atoms with Crippen LogP contribution in [0.4, 0.5) is 11.6 Å². The van der Waals surface area contributed by atoms with Crippen LogP contribution in [-0.2, 0) is 4.79 Å². The molecular formula is C25H28N6O. The molecule has 7 nitrogen and oxygen atoms in total. The molecule has 32 heavy (non-hydrogen) atoms. The molecule has 7 heteroatoms. The van der Waals surface area contributed by atoms with Crippen molar-refractivity contribution in [3.63, 3.8) is 0 Å². The fraction of sp³-hybridized carbons (Fsp3) is 0.320. The molecule has 1 N–H and O–H groups in total. The van der Waals surface area contributed by atoms with Gasteiger partial charge >= 0.3 is 0 Å². The van der Waals surface area contributed by atoms with Crippen LogP contribution in [0.3, 0.4) is 0 Å². The number of nitrogens with one attached hydrogen (secondary N) is 1. The summed E-state index contributed by atoms with van der Waals surface area (Å²) in [4.78, 5) is 32.5. The fourth-order valence-electron chi connectivity index (χ4n) is 4.05. The van der Waals surface area contributed by atoms with Crippen molar-refractivity contribution in [2.75, 3.05) is 18.4 Å². The van der Waals surface area contributed by atoms with E-state index >= 15 is 0 Å². The summed E-state index contributed by atoms with van der Waals surface area (Å²) in [6, 6.07) is 9.79. The molecule has 1 aliphatic heterocycles. The van der Waals surface area contributed by atoms with Crippen molar-refractivity contribution in [1.29, 1.82) is 0 Å². The maximum absolute atomic E-state index is 12.8. The Balaban J connectivity index is 1.48. The Morgan fingerprint density at radius 1 is 1.09 bits per heavy atom. The van der Waals surface area contributed by atoms with E-state index in [9.17, 15) is 4.79 Å². The Morgan fingerprint density at radius 3 is 2.62 bits per heavy atom. The molecule has 1 amide bonds. The fourth-order valence-corrected chi connectivity index (χ4v) is 4.05. The van der Waals surface area contributed by atoms with Crippen LogP contribution in [0, 0.1) is 20.8 Å². The van der Waals surface area contributed by atoms with Gasteiger partial charge < -0.3 is 10.2 Å². The molecule has 1 atom stereocenters. The van der Waals surface area contributed by atoms with E-state index in [4.69, 9.17) is 4.98 Å². The maximum Gasteiger partial charge on any atom is 0.246 e. The maximum atomic E-state index is 12.8. The third-order valence-electron chi connectivity index (χ3n) is 5.47. The summed E-state index contributed by atoms with van der Waals surface area (Å²) in [7, 11) is 0. The number of amides is 1. The number of aromatic nitrogens is 4. The Labute approximate surface area is 188 Å². The second-order valence-electron chi connectivity index (χ2n) is 8.26. The molecule has 3 aromatic rings. The predicted molar refractivity (Wildman–Crippen MR) is 126 cm³/mol. The van der Waals surface area contributed by atoms with Crippen LogP contribution in [0.15, 0.2) is 48.8 Å². The molecule has 1 fully saturated rings. The molecule has 1 saturated heterocycles. The van der Waals surface area contributed by atoms with Crippen molar-refractivity contribution in [3.05, 3.63) is 77.1 Å². The zero-order chi connectivity index (χ0) is 22.5. The first-order chi connectivity index (χ1) is 15.5. The van der Waals surface area contributed by atoms with Crippen molar-refractivity contribution in [1.82, 2.24) is 24.8 Å². The van der Waals surface area contributed by atoms with E-state index in [0.29, 0.717) is 12.5 Å². The smallest absolute Gasteiger partial charge is 0.246 e. The molecule has 1 aliphatic rings. The lowest BCUT2D eigenvalue weighted by molar-refractivity contribution is -0.127. The van der Waals surface area contributed by atoms with Gasteiger partial charge in [-0.25, -0.2) is 9.97 Å². The lowest BCUT2D eigenvalue weighted by atomic mass is 9.93. The van der Waals surface area contributed by atoms with Crippen LogP contribution in [0.2, 0.25) is 0 Å². The molecule has 4 rings (SSSR count). The highest BCUT2D eigenvalue weighted by Gasteiger charge is 2.25. The summed E-state index contributed by atoms with van der Waals surface area (Å²) in [5, 5.41) is 3.32. The average Bonchev–Trinajstić information content (AvgIpc) is 2.77. The molecule has 0 radical (unpaired) electrons. The molecule has 3 aromatic heterocycles. The number of rotatable bonds is 5. The highest BCUT2D eigenvalue weighted by atomic mass is 16.2. The van der Waals surface area contributed by atoms with Gasteiger partial charge in [0.15, 0.2) is 0 Å². The highest BCUT2D eigenvalue weighted by Crippen LogP contribution is 2.28. The number of carbonyl (C=O) groups excluding carboxylic acids is 1. The Kier molecular flexibility index (Phi) is 6.54. The first-order valence-electron chi connectivity index (χ1n) is 10.9. The molecule has 0 bridgehead atoms. The number of pyridine rings is 2. The van der Waals surface area contributed by atoms with Crippen molar-refractivity contribution in [2.45, 2.75) is 39.5 Å². The van der Waals surface area contributed by atoms with Gasteiger partial charge in [-0.15, -0.1) is 0 Å². The third kappa shape index (κ3) is 5.55. The van der Waals surface area contributed by atoms with Gasteiger partial charge in [0.2, 0.25) is 11.9 Å². The lowest BCUT2D eigenvalue weighted by Gasteiger charge is -2.32. The van der Waals surface area contributed by atoms with Crippen molar-refractivity contribution in [2.24, 2.45) is 0 Å². The number of piperidine rings is 1. The van der Waals surface area contributed by atoms with E-state index in [1.54, 1.807) is 18.5 Å². The third-order valence-corrected chi connectivity index (χ3v) is 5.47. The zero-order valence-corrected chi connectivity index (χ0v) is 18.7. The summed E-state index contributed by atoms with van der Waals surface area (Å²) in [6.45, 7) is 7.32. The number of hydrogen-bond donors (Lipinski definition) is 1. The van der Waals surface area contributed by atoms with Crippen LogP contribution in [-0.4, -0.2) is 43.8 Å². The standard InChI is InChI=1S/C25H28N6O/c1-17-12-18(2)29-25(28-17)30-22-13-19(3)27-23(14-22)21-7-5-11-31(16-21)24(32)9-8-20-6-4-10-26-15-20/h4,6,8-10,12-15,21H,5,7,11,16H2,1-3H3,(H,27,28,29,30)/b9-8+. The Hall–Kier alpha value is -3.61. The van der Waals surface area contributed by atoms with Gasteiger partial charge in [-0.05, 0) is 69.5 Å². The molecule has 4 heterocycles. The van der Waals surface area contributed by atoms with Gasteiger partial charge in [0.25, 0.3) is 0 Å². The minimum atomic E-state index is 0.0215. The number of aryl methyl sites for hydroxylation is 3. The van der Waals surface area contributed by atoms with E-state index in [2.05, 4.69) is 26.3 Å². The van der Waals surface area contributed by atoms with E-state index in [1.807, 2.05) is 56.0 Å². The molecule has 164 valence electrons.